The second-order valence-electron chi connectivity index (χ2n) is 4.70. The molecule has 6 heteroatoms. The number of aromatic nitrogens is 1. The molecule has 1 aliphatic carbocycles. The van der Waals surface area contributed by atoms with Crippen LogP contribution in [0.4, 0.5) is 5.13 Å². The molecule has 5 nitrogen and oxygen atoms in total. The van der Waals surface area contributed by atoms with Crippen molar-refractivity contribution < 1.29 is 9.47 Å². The van der Waals surface area contributed by atoms with Crippen LogP contribution in [-0.2, 0) is 16.0 Å². The SMILES string of the molecule is COCCNCc1cnc(N(CCOC)C2CC2)s1. The van der Waals surface area contributed by atoms with Gasteiger partial charge in [0.15, 0.2) is 5.13 Å². The quantitative estimate of drug-likeness (QED) is 0.660. The molecule has 1 saturated carbocycles. The lowest BCUT2D eigenvalue weighted by atomic mass is 10.5. The molecule has 19 heavy (non-hydrogen) atoms. The summed E-state index contributed by atoms with van der Waals surface area (Å²) in [7, 11) is 3.47. The number of anilines is 1. The van der Waals surface area contributed by atoms with E-state index in [9.17, 15) is 0 Å². The third-order valence-electron chi connectivity index (χ3n) is 3.09. The molecule has 0 saturated heterocycles. The molecule has 1 N–H and O–H groups in total. The smallest absolute Gasteiger partial charge is 0.185 e. The maximum Gasteiger partial charge on any atom is 0.185 e. The Bertz CT molecular complexity index is 369. The Hall–Kier alpha value is -0.690. The number of thiazole rings is 1. The van der Waals surface area contributed by atoms with Crippen LogP contribution < -0.4 is 10.2 Å². The molecular weight excluding hydrogens is 262 g/mol. The Labute approximate surface area is 118 Å². The van der Waals surface area contributed by atoms with E-state index >= 15 is 0 Å². The summed E-state index contributed by atoms with van der Waals surface area (Å²) in [6.45, 7) is 4.18. The van der Waals surface area contributed by atoms with E-state index in [0.717, 1.165) is 38.0 Å². The summed E-state index contributed by atoms with van der Waals surface area (Å²) in [6.07, 6.45) is 4.54. The molecule has 0 bridgehead atoms. The highest BCUT2D eigenvalue weighted by atomic mass is 32.1. The molecule has 1 aromatic rings. The van der Waals surface area contributed by atoms with Gasteiger partial charge in [0, 0.05) is 51.0 Å². The first kappa shape index (κ1) is 14.7. The monoisotopic (exact) mass is 285 g/mol. The second kappa shape index (κ2) is 7.79. The van der Waals surface area contributed by atoms with Gasteiger partial charge in [0.2, 0.25) is 0 Å². The van der Waals surface area contributed by atoms with Crippen LogP contribution in [0.15, 0.2) is 6.20 Å². The lowest BCUT2D eigenvalue weighted by Crippen LogP contribution is -2.29. The van der Waals surface area contributed by atoms with Crippen molar-refractivity contribution in [1.82, 2.24) is 10.3 Å². The number of nitrogens with one attached hydrogen (secondary N) is 1. The van der Waals surface area contributed by atoms with Crippen molar-refractivity contribution in [1.29, 1.82) is 0 Å². The zero-order valence-electron chi connectivity index (χ0n) is 11.7. The third-order valence-corrected chi connectivity index (χ3v) is 4.13. The van der Waals surface area contributed by atoms with E-state index in [1.165, 1.54) is 17.7 Å². The Morgan fingerprint density at radius 2 is 2.16 bits per heavy atom. The molecule has 0 spiro atoms. The van der Waals surface area contributed by atoms with Crippen LogP contribution in [0.25, 0.3) is 0 Å². The van der Waals surface area contributed by atoms with Gasteiger partial charge >= 0.3 is 0 Å². The molecule has 0 atom stereocenters. The third kappa shape index (κ3) is 4.72. The van der Waals surface area contributed by atoms with Crippen molar-refractivity contribution >= 4 is 16.5 Å². The minimum Gasteiger partial charge on any atom is -0.383 e. The molecule has 1 fully saturated rings. The first-order valence-electron chi connectivity index (χ1n) is 6.75. The summed E-state index contributed by atoms with van der Waals surface area (Å²) in [6, 6.07) is 0.676. The van der Waals surface area contributed by atoms with Crippen LogP contribution in [-0.4, -0.2) is 51.5 Å². The molecule has 0 aromatic carbocycles. The number of ether oxygens (including phenoxy) is 2. The fourth-order valence-corrected chi connectivity index (χ4v) is 2.88. The van der Waals surface area contributed by atoms with Gasteiger partial charge in [-0.2, -0.15) is 0 Å². The molecule has 0 aliphatic heterocycles. The molecular formula is C13H23N3O2S. The first-order valence-corrected chi connectivity index (χ1v) is 7.56. The van der Waals surface area contributed by atoms with E-state index in [1.807, 2.05) is 6.20 Å². The van der Waals surface area contributed by atoms with Crippen molar-refractivity contribution in [2.24, 2.45) is 0 Å². The van der Waals surface area contributed by atoms with Gasteiger partial charge in [0.05, 0.1) is 13.2 Å². The Kier molecular flexibility index (Phi) is 6.03. The van der Waals surface area contributed by atoms with Crippen molar-refractivity contribution in [3.05, 3.63) is 11.1 Å². The van der Waals surface area contributed by atoms with Crippen molar-refractivity contribution in [2.45, 2.75) is 25.4 Å². The van der Waals surface area contributed by atoms with E-state index in [-0.39, 0.29) is 0 Å². The summed E-state index contributed by atoms with van der Waals surface area (Å²) in [5.74, 6) is 0. The van der Waals surface area contributed by atoms with E-state index < -0.39 is 0 Å². The van der Waals surface area contributed by atoms with E-state index in [2.05, 4.69) is 15.2 Å². The van der Waals surface area contributed by atoms with Gasteiger partial charge < -0.3 is 19.7 Å². The highest BCUT2D eigenvalue weighted by molar-refractivity contribution is 7.15. The molecule has 1 aromatic heterocycles. The average Bonchev–Trinajstić information content (AvgIpc) is 3.15. The van der Waals surface area contributed by atoms with Crippen LogP contribution in [0.5, 0.6) is 0 Å². The lowest BCUT2D eigenvalue weighted by Gasteiger charge is -2.20. The maximum atomic E-state index is 5.18. The molecule has 1 heterocycles. The summed E-state index contributed by atoms with van der Waals surface area (Å²) >= 11 is 1.77. The summed E-state index contributed by atoms with van der Waals surface area (Å²) in [4.78, 5) is 8.20. The minimum absolute atomic E-state index is 0.676. The van der Waals surface area contributed by atoms with Gasteiger partial charge in [-0.05, 0) is 12.8 Å². The summed E-state index contributed by atoms with van der Waals surface area (Å²) in [5.41, 5.74) is 0. The number of rotatable bonds is 10. The Balaban J connectivity index is 1.83. The van der Waals surface area contributed by atoms with Gasteiger partial charge in [-0.1, -0.05) is 0 Å². The average molecular weight is 285 g/mol. The van der Waals surface area contributed by atoms with Crippen LogP contribution in [0.1, 0.15) is 17.7 Å². The van der Waals surface area contributed by atoms with E-state index in [4.69, 9.17) is 9.47 Å². The highest BCUT2D eigenvalue weighted by Gasteiger charge is 2.30. The highest BCUT2D eigenvalue weighted by Crippen LogP contribution is 2.33. The number of methoxy groups -OCH3 is 2. The lowest BCUT2D eigenvalue weighted by molar-refractivity contribution is 0.199. The van der Waals surface area contributed by atoms with Gasteiger partial charge in [0.25, 0.3) is 0 Å². The Morgan fingerprint density at radius 3 is 2.84 bits per heavy atom. The molecule has 108 valence electrons. The van der Waals surface area contributed by atoms with Gasteiger partial charge in [0.1, 0.15) is 0 Å². The van der Waals surface area contributed by atoms with Gasteiger partial charge in [-0.25, -0.2) is 4.98 Å². The fraction of sp³-hybridized carbons (Fsp3) is 0.769. The fourth-order valence-electron chi connectivity index (χ4n) is 1.91. The predicted molar refractivity (Wildman–Crippen MR) is 77.9 cm³/mol. The molecule has 1 aliphatic rings. The normalized spacial score (nSPS) is 14.8. The topological polar surface area (TPSA) is 46.6 Å². The van der Waals surface area contributed by atoms with Crippen LogP contribution in [0.2, 0.25) is 0 Å². The van der Waals surface area contributed by atoms with Crippen molar-refractivity contribution in [2.75, 3.05) is 45.4 Å². The zero-order valence-corrected chi connectivity index (χ0v) is 12.5. The van der Waals surface area contributed by atoms with Crippen molar-refractivity contribution in [3.63, 3.8) is 0 Å². The molecule has 0 radical (unpaired) electrons. The van der Waals surface area contributed by atoms with Crippen LogP contribution in [0, 0.1) is 0 Å². The summed E-state index contributed by atoms with van der Waals surface area (Å²) < 4.78 is 10.2. The van der Waals surface area contributed by atoms with Gasteiger partial charge in [-0.3, -0.25) is 0 Å². The first-order chi connectivity index (χ1) is 9.35. The number of hydrogen-bond acceptors (Lipinski definition) is 6. The molecule has 2 rings (SSSR count). The minimum atomic E-state index is 0.676. The van der Waals surface area contributed by atoms with Crippen LogP contribution in [0.3, 0.4) is 0 Å². The van der Waals surface area contributed by atoms with Crippen LogP contribution >= 0.6 is 11.3 Å². The van der Waals surface area contributed by atoms with E-state index in [1.54, 1.807) is 25.6 Å². The standard InChI is InChI=1S/C13H23N3O2S/c1-17-7-5-14-9-12-10-15-13(19-12)16(6-8-18-2)11-3-4-11/h10-11,14H,3-9H2,1-2H3. The second-order valence-corrected chi connectivity index (χ2v) is 5.79. The summed E-state index contributed by atoms with van der Waals surface area (Å²) in [5, 5.41) is 4.47. The predicted octanol–water partition coefficient (Wildman–Crippen LogP) is 1.49. The van der Waals surface area contributed by atoms with Crippen molar-refractivity contribution in [3.8, 4) is 0 Å². The Morgan fingerprint density at radius 1 is 1.37 bits per heavy atom. The largest absolute Gasteiger partial charge is 0.383 e. The van der Waals surface area contributed by atoms with Gasteiger partial charge in [-0.15, -0.1) is 11.3 Å². The zero-order chi connectivity index (χ0) is 13.5. The molecule has 0 amide bonds. The van der Waals surface area contributed by atoms with E-state index in [0.29, 0.717) is 6.04 Å². The molecule has 0 unspecified atom stereocenters. The number of hydrogen-bond donors (Lipinski definition) is 1. The maximum absolute atomic E-state index is 5.18. The number of nitrogens with zero attached hydrogens (tertiary/aromatic N) is 2.